The zero-order valence-electron chi connectivity index (χ0n) is 12.5. The predicted molar refractivity (Wildman–Crippen MR) is 86.1 cm³/mol. The van der Waals surface area contributed by atoms with Crippen molar-refractivity contribution in [1.29, 1.82) is 0 Å². The van der Waals surface area contributed by atoms with Gasteiger partial charge in [-0.1, -0.05) is 42.0 Å². The molecular weight excluding hydrogens is 278 g/mol. The van der Waals surface area contributed by atoms with Gasteiger partial charge in [-0.3, -0.25) is 4.79 Å². The van der Waals surface area contributed by atoms with Crippen LogP contribution in [0.25, 0.3) is 0 Å². The van der Waals surface area contributed by atoms with Gasteiger partial charge in [-0.25, -0.2) is 4.79 Å². The molecule has 0 heterocycles. The Morgan fingerprint density at radius 2 is 1.73 bits per heavy atom. The fraction of sp³-hybridized carbons (Fsp3) is 0.111. The van der Waals surface area contributed by atoms with Crippen LogP contribution in [0.5, 0.6) is 0 Å². The molecule has 2 rings (SSSR count). The lowest BCUT2D eigenvalue weighted by atomic mass is 10.1. The molecule has 0 unspecified atom stereocenters. The number of methoxy groups -OCH3 is 1. The lowest BCUT2D eigenvalue weighted by Gasteiger charge is -2.06. The van der Waals surface area contributed by atoms with Crippen molar-refractivity contribution >= 4 is 17.4 Å². The zero-order valence-corrected chi connectivity index (χ0v) is 12.5. The highest BCUT2D eigenvalue weighted by molar-refractivity contribution is 6.04. The van der Waals surface area contributed by atoms with Gasteiger partial charge in [0.1, 0.15) is 0 Å². The number of aryl methyl sites for hydroxylation is 1. The Hall–Kier alpha value is -2.88. The van der Waals surface area contributed by atoms with Crippen molar-refractivity contribution < 1.29 is 14.3 Å². The van der Waals surface area contributed by atoms with Crippen LogP contribution >= 0.6 is 0 Å². The SMILES string of the molecule is COC(=O)c1ccccc1NC=CC(=O)c1ccc(C)cc1. The Morgan fingerprint density at radius 3 is 2.41 bits per heavy atom. The van der Waals surface area contributed by atoms with Crippen LogP contribution in [-0.2, 0) is 4.74 Å². The smallest absolute Gasteiger partial charge is 0.339 e. The number of carbonyl (C=O) groups excluding carboxylic acids is 2. The summed E-state index contributed by atoms with van der Waals surface area (Å²) < 4.78 is 4.71. The molecule has 0 aliphatic heterocycles. The second-order valence-electron chi connectivity index (χ2n) is 4.75. The van der Waals surface area contributed by atoms with Crippen molar-refractivity contribution in [2.45, 2.75) is 6.92 Å². The van der Waals surface area contributed by atoms with Crippen molar-refractivity contribution in [3.8, 4) is 0 Å². The summed E-state index contributed by atoms with van der Waals surface area (Å²) in [5.41, 5.74) is 2.72. The molecule has 0 amide bonds. The first kappa shape index (κ1) is 15.5. The molecule has 0 aliphatic carbocycles. The summed E-state index contributed by atoms with van der Waals surface area (Å²) in [5, 5.41) is 2.94. The van der Waals surface area contributed by atoms with Crippen LogP contribution in [0.4, 0.5) is 5.69 Å². The van der Waals surface area contributed by atoms with Crippen LogP contribution in [-0.4, -0.2) is 18.9 Å². The number of ether oxygens (including phenoxy) is 1. The number of ketones is 1. The molecule has 4 nitrogen and oxygen atoms in total. The Bertz CT molecular complexity index is 703. The molecule has 2 aromatic rings. The van der Waals surface area contributed by atoms with E-state index in [4.69, 9.17) is 4.74 Å². The number of benzene rings is 2. The minimum atomic E-state index is -0.429. The van der Waals surface area contributed by atoms with E-state index < -0.39 is 5.97 Å². The monoisotopic (exact) mass is 295 g/mol. The molecule has 112 valence electrons. The van der Waals surface area contributed by atoms with Gasteiger partial charge in [-0.2, -0.15) is 0 Å². The molecular formula is C18H17NO3. The minimum Gasteiger partial charge on any atom is -0.465 e. The number of esters is 1. The van der Waals surface area contributed by atoms with Gasteiger partial charge in [-0.05, 0) is 19.1 Å². The molecule has 1 N–H and O–H groups in total. The third-order valence-electron chi connectivity index (χ3n) is 3.14. The summed E-state index contributed by atoms with van der Waals surface area (Å²) in [6, 6.07) is 14.3. The summed E-state index contributed by atoms with van der Waals surface area (Å²) in [7, 11) is 1.33. The van der Waals surface area contributed by atoms with Gasteiger partial charge in [0.25, 0.3) is 0 Å². The van der Waals surface area contributed by atoms with Crippen molar-refractivity contribution in [2.24, 2.45) is 0 Å². The van der Waals surface area contributed by atoms with Crippen LogP contribution in [0.2, 0.25) is 0 Å². The third-order valence-corrected chi connectivity index (χ3v) is 3.14. The second kappa shape index (κ2) is 7.22. The van der Waals surface area contributed by atoms with E-state index >= 15 is 0 Å². The lowest BCUT2D eigenvalue weighted by molar-refractivity contribution is 0.0602. The Kier molecular flexibility index (Phi) is 5.09. The summed E-state index contributed by atoms with van der Waals surface area (Å²) in [6.07, 6.45) is 2.95. The molecule has 0 aliphatic rings. The van der Waals surface area contributed by atoms with Crippen molar-refractivity contribution in [2.75, 3.05) is 12.4 Å². The van der Waals surface area contributed by atoms with E-state index in [2.05, 4.69) is 5.32 Å². The van der Waals surface area contributed by atoms with Crippen molar-refractivity contribution in [1.82, 2.24) is 0 Å². The summed E-state index contributed by atoms with van der Waals surface area (Å²) in [4.78, 5) is 23.6. The zero-order chi connectivity index (χ0) is 15.9. The first-order valence-electron chi connectivity index (χ1n) is 6.83. The summed E-state index contributed by atoms with van der Waals surface area (Å²) in [6.45, 7) is 1.97. The fourth-order valence-corrected chi connectivity index (χ4v) is 1.92. The number of anilines is 1. The first-order valence-corrected chi connectivity index (χ1v) is 6.83. The average molecular weight is 295 g/mol. The average Bonchev–Trinajstić information content (AvgIpc) is 2.55. The largest absolute Gasteiger partial charge is 0.465 e. The maximum atomic E-state index is 12.0. The lowest BCUT2D eigenvalue weighted by Crippen LogP contribution is -2.05. The molecule has 0 atom stereocenters. The Morgan fingerprint density at radius 1 is 1.05 bits per heavy atom. The molecule has 0 saturated heterocycles. The third kappa shape index (κ3) is 3.82. The molecule has 0 spiro atoms. The normalized spacial score (nSPS) is 10.5. The number of hydrogen-bond donors (Lipinski definition) is 1. The standard InChI is InChI=1S/C18H17NO3/c1-13-7-9-14(10-8-13)17(20)11-12-19-16-6-4-3-5-15(16)18(21)22-2/h3-12,19H,1-2H3. The first-order chi connectivity index (χ1) is 10.6. The van der Waals surface area contributed by atoms with Gasteiger partial charge in [-0.15, -0.1) is 0 Å². The highest BCUT2D eigenvalue weighted by atomic mass is 16.5. The van der Waals surface area contributed by atoms with Crippen molar-refractivity contribution in [3.63, 3.8) is 0 Å². The molecule has 22 heavy (non-hydrogen) atoms. The van der Waals surface area contributed by atoms with Gasteiger partial charge in [0.15, 0.2) is 5.78 Å². The summed E-state index contributed by atoms with van der Waals surface area (Å²) >= 11 is 0. The molecule has 0 fully saturated rings. The van der Waals surface area contributed by atoms with Gasteiger partial charge in [0, 0.05) is 17.8 Å². The number of allylic oxidation sites excluding steroid dienone is 1. The highest BCUT2D eigenvalue weighted by Gasteiger charge is 2.09. The Balaban J connectivity index is 2.08. The number of carbonyl (C=O) groups is 2. The highest BCUT2D eigenvalue weighted by Crippen LogP contribution is 2.16. The maximum Gasteiger partial charge on any atom is 0.339 e. The van der Waals surface area contributed by atoms with Gasteiger partial charge in [0.05, 0.1) is 18.4 Å². The van der Waals surface area contributed by atoms with E-state index in [0.717, 1.165) is 5.56 Å². The van der Waals surface area contributed by atoms with Crippen LogP contribution in [0.3, 0.4) is 0 Å². The second-order valence-corrected chi connectivity index (χ2v) is 4.75. The van der Waals surface area contributed by atoms with E-state index in [0.29, 0.717) is 16.8 Å². The van der Waals surface area contributed by atoms with E-state index in [1.54, 1.807) is 36.4 Å². The van der Waals surface area contributed by atoms with Crippen molar-refractivity contribution in [3.05, 3.63) is 77.5 Å². The van der Waals surface area contributed by atoms with Gasteiger partial charge in [0.2, 0.25) is 0 Å². The van der Waals surface area contributed by atoms with Gasteiger partial charge < -0.3 is 10.1 Å². The topological polar surface area (TPSA) is 55.4 Å². The number of nitrogens with one attached hydrogen (secondary N) is 1. The molecule has 0 radical (unpaired) electrons. The van der Waals surface area contributed by atoms with Crippen LogP contribution < -0.4 is 5.32 Å². The van der Waals surface area contributed by atoms with Crippen LogP contribution in [0, 0.1) is 6.92 Å². The quantitative estimate of drug-likeness (QED) is 0.520. The number of rotatable bonds is 5. The van der Waals surface area contributed by atoms with Crippen LogP contribution in [0.1, 0.15) is 26.3 Å². The predicted octanol–water partition coefficient (Wildman–Crippen LogP) is 3.59. The summed E-state index contributed by atoms with van der Waals surface area (Å²) in [5.74, 6) is -0.538. The van der Waals surface area contributed by atoms with E-state index in [9.17, 15) is 9.59 Å². The van der Waals surface area contributed by atoms with Gasteiger partial charge >= 0.3 is 5.97 Å². The molecule has 0 aromatic heterocycles. The molecule has 2 aromatic carbocycles. The minimum absolute atomic E-state index is 0.108. The van der Waals surface area contributed by atoms with E-state index in [1.165, 1.54) is 19.4 Å². The fourth-order valence-electron chi connectivity index (χ4n) is 1.92. The maximum absolute atomic E-state index is 12.0. The van der Waals surface area contributed by atoms with E-state index in [-0.39, 0.29) is 5.78 Å². The van der Waals surface area contributed by atoms with E-state index in [1.807, 2.05) is 19.1 Å². The Labute approximate surface area is 129 Å². The number of hydrogen-bond acceptors (Lipinski definition) is 4. The molecule has 0 bridgehead atoms. The molecule has 0 saturated carbocycles. The van der Waals surface area contributed by atoms with Crippen LogP contribution in [0.15, 0.2) is 60.8 Å². The molecule has 4 heteroatoms. The number of para-hydroxylation sites is 1.